The van der Waals surface area contributed by atoms with Crippen molar-refractivity contribution in [1.82, 2.24) is 15.1 Å². The van der Waals surface area contributed by atoms with Crippen LogP contribution >= 0.6 is 11.6 Å². The van der Waals surface area contributed by atoms with Gasteiger partial charge in [0, 0.05) is 35.3 Å². The molecule has 2 aromatic rings. The van der Waals surface area contributed by atoms with Crippen LogP contribution in [0.5, 0.6) is 5.75 Å². The highest BCUT2D eigenvalue weighted by Gasteiger charge is 2.32. The molecule has 6 nitrogen and oxygen atoms in total. The first-order chi connectivity index (χ1) is 12.9. The van der Waals surface area contributed by atoms with Gasteiger partial charge in [0.05, 0.1) is 11.8 Å². The molecule has 4 rings (SSSR count). The maximum Gasteiger partial charge on any atom is 0.157 e. The van der Waals surface area contributed by atoms with Crippen molar-refractivity contribution in [1.29, 1.82) is 0 Å². The van der Waals surface area contributed by atoms with Crippen LogP contribution in [0, 0.1) is 6.92 Å². The molecule has 3 heterocycles. The first kappa shape index (κ1) is 18.5. The lowest BCUT2D eigenvalue weighted by Gasteiger charge is -2.42. The number of aliphatic hydroxyl groups is 1. The second-order valence-electron chi connectivity index (χ2n) is 7.68. The third-order valence-corrected chi connectivity index (χ3v) is 5.87. The molecule has 1 saturated heterocycles. The van der Waals surface area contributed by atoms with E-state index in [1.54, 1.807) is 6.07 Å². The van der Waals surface area contributed by atoms with Crippen molar-refractivity contribution in [2.75, 3.05) is 31.6 Å². The van der Waals surface area contributed by atoms with Gasteiger partial charge in [0.2, 0.25) is 0 Å². The highest BCUT2D eigenvalue weighted by Crippen LogP contribution is 2.39. The number of rotatable bonds is 2. The molecule has 1 aromatic heterocycles. The Morgan fingerprint density at radius 3 is 2.70 bits per heavy atom. The summed E-state index contributed by atoms with van der Waals surface area (Å²) in [5.41, 5.74) is 2.78. The monoisotopic (exact) mass is 388 g/mol. The number of likely N-dealkylation sites (N-methyl/N-ethyl adjacent to an activating group) is 1. The molecular weight excluding hydrogens is 364 g/mol. The quantitative estimate of drug-likeness (QED) is 0.823. The summed E-state index contributed by atoms with van der Waals surface area (Å²) in [7, 11) is 2.15. The van der Waals surface area contributed by atoms with E-state index in [9.17, 15) is 10.2 Å². The number of hydrogen-bond donors (Lipinski definition) is 2. The van der Waals surface area contributed by atoms with E-state index in [0.29, 0.717) is 28.7 Å². The zero-order valence-electron chi connectivity index (χ0n) is 15.7. The van der Waals surface area contributed by atoms with Gasteiger partial charge in [-0.1, -0.05) is 11.6 Å². The standard InChI is InChI=1S/C20H25ClN4O2/c1-12-8-13(21)9-18(27)19(12)16-10-15-17(26)5-7-25(20(15)23-22-16)14-4-3-6-24(2)11-14/h8-10,14,17,26-27H,3-7,11H2,1-2H3/t14-,17?/m1/s1. The van der Waals surface area contributed by atoms with E-state index in [0.717, 1.165) is 43.0 Å². The Kier molecular flexibility index (Phi) is 4.97. The Hall–Kier alpha value is -1.89. The second-order valence-corrected chi connectivity index (χ2v) is 8.12. The summed E-state index contributed by atoms with van der Waals surface area (Å²) in [6.07, 6.45) is 2.39. The van der Waals surface area contributed by atoms with Gasteiger partial charge >= 0.3 is 0 Å². The van der Waals surface area contributed by atoms with Crippen LogP contribution < -0.4 is 4.90 Å². The van der Waals surface area contributed by atoms with Crippen LogP contribution in [-0.2, 0) is 0 Å². The van der Waals surface area contributed by atoms with Gasteiger partial charge in [-0.2, -0.15) is 0 Å². The van der Waals surface area contributed by atoms with Crippen molar-refractivity contribution in [3.05, 3.63) is 34.3 Å². The molecule has 0 aliphatic carbocycles. The van der Waals surface area contributed by atoms with E-state index in [1.165, 1.54) is 12.5 Å². The lowest BCUT2D eigenvalue weighted by atomic mass is 9.96. The average molecular weight is 389 g/mol. The highest BCUT2D eigenvalue weighted by atomic mass is 35.5. The maximum atomic E-state index is 10.6. The Morgan fingerprint density at radius 1 is 1.15 bits per heavy atom. The number of hydrogen-bond acceptors (Lipinski definition) is 6. The first-order valence-corrected chi connectivity index (χ1v) is 9.82. The minimum atomic E-state index is -0.568. The van der Waals surface area contributed by atoms with E-state index in [1.807, 2.05) is 13.0 Å². The number of aryl methyl sites for hydroxylation is 1. The fourth-order valence-corrected chi connectivity index (χ4v) is 4.59. The first-order valence-electron chi connectivity index (χ1n) is 9.44. The topological polar surface area (TPSA) is 72.7 Å². The highest BCUT2D eigenvalue weighted by molar-refractivity contribution is 6.31. The Morgan fingerprint density at radius 2 is 1.96 bits per heavy atom. The van der Waals surface area contributed by atoms with Gasteiger partial charge in [-0.25, -0.2) is 0 Å². The number of aliphatic hydroxyl groups excluding tert-OH is 1. The molecule has 0 saturated carbocycles. The normalized spacial score (nSPS) is 23.3. The number of aromatic hydroxyl groups is 1. The minimum absolute atomic E-state index is 0.0744. The molecule has 2 aliphatic rings. The van der Waals surface area contributed by atoms with Gasteiger partial charge in [-0.3, -0.25) is 0 Å². The number of fused-ring (bicyclic) bond motifs is 1. The molecular formula is C20H25ClN4O2. The van der Waals surface area contributed by atoms with Crippen molar-refractivity contribution in [2.24, 2.45) is 0 Å². The lowest BCUT2D eigenvalue weighted by Crippen LogP contribution is -2.49. The number of aromatic nitrogens is 2. The number of halogens is 1. The van der Waals surface area contributed by atoms with E-state index in [-0.39, 0.29) is 5.75 Å². The Bertz CT molecular complexity index is 837. The van der Waals surface area contributed by atoms with Crippen LogP contribution in [0.3, 0.4) is 0 Å². The lowest BCUT2D eigenvalue weighted by molar-refractivity contribution is 0.157. The van der Waals surface area contributed by atoms with Gasteiger partial charge in [0.25, 0.3) is 0 Å². The summed E-state index contributed by atoms with van der Waals surface area (Å²) in [4.78, 5) is 4.64. The number of likely N-dealkylation sites (tertiary alicyclic amines) is 1. The van der Waals surface area contributed by atoms with Crippen molar-refractivity contribution in [2.45, 2.75) is 38.3 Å². The summed E-state index contributed by atoms with van der Waals surface area (Å²) in [6.45, 7) is 4.78. The fraction of sp³-hybridized carbons (Fsp3) is 0.500. The summed E-state index contributed by atoms with van der Waals surface area (Å²) in [5, 5.41) is 30.3. The Balaban J connectivity index is 1.73. The molecule has 0 radical (unpaired) electrons. The SMILES string of the molecule is Cc1cc(Cl)cc(O)c1-c1cc2c(nn1)N([C@@H]1CCCN(C)C1)CCC2O. The van der Waals surface area contributed by atoms with Gasteiger partial charge in [-0.05, 0) is 63.5 Å². The van der Waals surface area contributed by atoms with Crippen LogP contribution in [0.1, 0.15) is 36.5 Å². The van der Waals surface area contributed by atoms with Crippen molar-refractivity contribution in [3.63, 3.8) is 0 Å². The molecule has 2 N–H and O–H groups in total. The Labute approximate surface area is 164 Å². The molecule has 27 heavy (non-hydrogen) atoms. The largest absolute Gasteiger partial charge is 0.507 e. The number of piperidine rings is 1. The van der Waals surface area contributed by atoms with Crippen LogP contribution in [0.4, 0.5) is 5.82 Å². The summed E-state index contributed by atoms with van der Waals surface area (Å²) in [6, 6.07) is 5.55. The molecule has 1 fully saturated rings. The number of phenols is 1. The van der Waals surface area contributed by atoms with Crippen LogP contribution in [0.25, 0.3) is 11.3 Å². The number of benzene rings is 1. The summed E-state index contributed by atoms with van der Waals surface area (Å²) >= 11 is 6.02. The molecule has 2 atom stereocenters. The van der Waals surface area contributed by atoms with Crippen molar-refractivity contribution in [3.8, 4) is 17.0 Å². The molecule has 0 bridgehead atoms. The molecule has 1 unspecified atom stereocenters. The summed E-state index contributed by atoms with van der Waals surface area (Å²) < 4.78 is 0. The average Bonchev–Trinajstić information content (AvgIpc) is 2.61. The maximum absolute atomic E-state index is 10.6. The van der Waals surface area contributed by atoms with Gasteiger partial charge in [0.1, 0.15) is 5.75 Å². The van der Waals surface area contributed by atoms with E-state index in [2.05, 4.69) is 27.0 Å². The number of phenolic OH excluding ortho intramolecular Hbond substituents is 1. The van der Waals surface area contributed by atoms with E-state index in [4.69, 9.17) is 11.6 Å². The van der Waals surface area contributed by atoms with Crippen LogP contribution in [-0.4, -0.2) is 58.0 Å². The minimum Gasteiger partial charge on any atom is -0.507 e. The number of nitrogens with zero attached hydrogens (tertiary/aromatic N) is 4. The van der Waals surface area contributed by atoms with E-state index < -0.39 is 6.10 Å². The molecule has 144 valence electrons. The second kappa shape index (κ2) is 7.26. The molecule has 0 amide bonds. The van der Waals surface area contributed by atoms with E-state index >= 15 is 0 Å². The van der Waals surface area contributed by atoms with Crippen LogP contribution in [0.2, 0.25) is 5.02 Å². The third-order valence-electron chi connectivity index (χ3n) is 5.65. The van der Waals surface area contributed by atoms with Gasteiger partial charge in [-0.15, -0.1) is 10.2 Å². The fourth-order valence-electron chi connectivity index (χ4n) is 4.32. The molecule has 7 heteroatoms. The summed E-state index contributed by atoms with van der Waals surface area (Å²) in [5.74, 6) is 0.842. The zero-order valence-corrected chi connectivity index (χ0v) is 16.4. The molecule has 1 aromatic carbocycles. The zero-order chi connectivity index (χ0) is 19.1. The van der Waals surface area contributed by atoms with Crippen molar-refractivity contribution >= 4 is 17.4 Å². The molecule has 2 aliphatic heterocycles. The smallest absolute Gasteiger partial charge is 0.157 e. The predicted octanol–water partition coefficient (Wildman–Crippen LogP) is 3.15. The van der Waals surface area contributed by atoms with Gasteiger partial charge < -0.3 is 20.0 Å². The predicted molar refractivity (Wildman–Crippen MR) is 106 cm³/mol. The third kappa shape index (κ3) is 3.49. The van der Waals surface area contributed by atoms with Gasteiger partial charge in [0.15, 0.2) is 5.82 Å². The molecule has 0 spiro atoms. The van der Waals surface area contributed by atoms with Crippen LogP contribution in [0.15, 0.2) is 18.2 Å². The van der Waals surface area contributed by atoms with Crippen molar-refractivity contribution < 1.29 is 10.2 Å². The number of anilines is 1.